The van der Waals surface area contributed by atoms with Crippen LogP contribution in [0.3, 0.4) is 0 Å². The maximum absolute atomic E-state index is 11.6. The summed E-state index contributed by atoms with van der Waals surface area (Å²) in [6.45, 7) is 28.2. The Kier molecular flexibility index (Phi) is 30.1. The molecular formula is C82H90O14. The smallest absolute Gasteiger partial charge is 0.338 e. The van der Waals surface area contributed by atoms with E-state index in [1.54, 1.807) is 36.4 Å². The van der Waals surface area contributed by atoms with E-state index in [0.717, 1.165) is 60.5 Å². The molecule has 0 heterocycles. The lowest BCUT2D eigenvalue weighted by Crippen LogP contribution is -2.05. The molecule has 0 aliphatic rings. The zero-order valence-corrected chi connectivity index (χ0v) is 59.3. The maximum atomic E-state index is 11.6. The summed E-state index contributed by atoms with van der Waals surface area (Å²) in [5, 5.41) is 6.79. The lowest BCUT2D eigenvalue weighted by Gasteiger charge is -2.11. The van der Waals surface area contributed by atoms with Gasteiger partial charge in [-0.15, -0.1) is 0 Å². The summed E-state index contributed by atoms with van der Waals surface area (Å²) in [4.78, 5) is 78.7. The van der Waals surface area contributed by atoms with Gasteiger partial charge in [-0.05, 0) is 257 Å². The zero-order chi connectivity index (χ0) is 71.7. The second kappa shape index (κ2) is 37.2. The van der Waals surface area contributed by atoms with Crippen molar-refractivity contribution in [2.24, 2.45) is 0 Å². The Hall–Kier alpha value is -10.7. The van der Waals surface area contributed by atoms with Crippen LogP contribution < -0.4 is 0 Å². The molecule has 0 saturated carbocycles. The van der Waals surface area contributed by atoms with Gasteiger partial charge in [0, 0.05) is 0 Å². The van der Waals surface area contributed by atoms with E-state index < -0.39 is 0 Å². The van der Waals surface area contributed by atoms with Crippen LogP contribution in [0, 0.1) is 96.9 Å². The minimum Gasteiger partial charge on any atom is -0.465 e. The first-order valence-electron chi connectivity index (χ1n) is 30.9. The highest BCUT2D eigenvalue weighted by atomic mass is 16.5. The molecule has 0 radical (unpaired) electrons. The number of carbonyl (C=O) groups excluding carboxylic acids is 7. The van der Waals surface area contributed by atoms with E-state index >= 15 is 0 Å². The van der Waals surface area contributed by atoms with Crippen molar-refractivity contribution in [1.82, 2.24) is 0 Å². The first-order valence-corrected chi connectivity index (χ1v) is 30.9. The fraction of sp³-hybridized carbons (Fsp3) is 0.256. The third kappa shape index (κ3) is 21.4. The summed E-state index contributed by atoms with van der Waals surface area (Å²) in [6, 6.07) is 51.6. The largest absolute Gasteiger partial charge is 0.465 e. The summed E-state index contributed by atoms with van der Waals surface area (Å²) < 4.78 is 32.6. The van der Waals surface area contributed by atoms with Gasteiger partial charge in [0.1, 0.15) is 0 Å². The zero-order valence-electron chi connectivity index (χ0n) is 59.3. The standard InChI is InChI=1S/C15H16O2.C14H14O2.C13H12O2.C11H14O2.2C10H12O2.C9H10O2/c1-9-5-6-13-11(3)14(15(16)17-4)8-7-12(13)10(9)2;1-9-4-5-11-8-12(14(15)16-3)6-7-13(11)10(9)2;1-9-3-4-11-8-12(13(14)15-2)6-5-10(11)7-9;1-7-5-6-10(11(12)13-4)9(3)8(7)2;1-7-4-5-9(6-8(7)2)10(11)12-3;1-7-4-5-9(8(2)6-7)10(11)12-3;1-7-3-5-8(6-4-7)9(10)11-2/h5-8H,1-4H3;4-8H,1-3H3;3-8H,1-2H3;5-6H,1-4H3;2*4-6H,1-3H3;3-6H,1-2H3. The molecule has 0 aliphatic carbocycles. The Bertz CT molecular complexity index is 4420. The molecule has 10 aromatic carbocycles. The molecule has 0 fully saturated rings. The molecule has 0 bridgehead atoms. The molecule has 0 spiro atoms. The number of aryl methyl sites for hydroxylation is 12. The van der Waals surface area contributed by atoms with E-state index in [4.69, 9.17) is 9.47 Å². The summed E-state index contributed by atoms with van der Waals surface area (Å²) in [6.07, 6.45) is 0. The lowest BCUT2D eigenvalue weighted by molar-refractivity contribution is 0.0591. The van der Waals surface area contributed by atoms with Crippen LogP contribution in [0.15, 0.2) is 164 Å². The third-order valence-electron chi connectivity index (χ3n) is 16.5. The van der Waals surface area contributed by atoms with Gasteiger partial charge in [0.2, 0.25) is 0 Å². The van der Waals surface area contributed by atoms with Gasteiger partial charge in [-0.25, -0.2) is 33.6 Å². The van der Waals surface area contributed by atoms with E-state index in [9.17, 15) is 33.6 Å². The summed E-state index contributed by atoms with van der Waals surface area (Å²) in [5.74, 6) is -1.96. The van der Waals surface area contributed by atoms with Crippen molar-refractivity contribution in [3.05, 3.63) is 281 Å². The molecule has 0 amide bonds. The van der Waals surface area contributed by atoms with Gasteiger partial charge in [-0.3, -0.25) is 0 Å². The number of esters is 7. The molecule has 10 aromatic rings. The summed E-state index contributed by atoms with van der Waals surface area (Å²) in [7, 11) is 9.75. The van der Waals surface area contributed by atoms with Crippen LogP contribution in [-0.2, 0) is 33.2 Å². The minimum atomic E-state index is -0.294. The molecule has 0 atom stereocenters. The molecule has 0 saturated heterocycles. The highest BCUT2D eigenvalue weighted by molar-refractivity contribution is 6.00. The van der Waals surface area contributed by atoms with Crippen molar-refractivity contribution in [3.63, 3.8) is 0 Å². The van der Waals surface area contributed by atoms with Crippen LogP contribution in [-0.4, -0.2) is 91.6 Å². The van der Waals surface area contributed by atoms with Crippen molar-refractivity contribution in [1.29, 1.82) is 0 Å². The topological polar surface area (TPSA) is 184 Å². The number of hydrogen-bond acceptors (Lipinski definition) is 14. The van der Waals surface area contributed by atoms with E-state index in [-0.39, 0.29) is 41.8 Å². The minimum absolute atomic E-state index is 0.263. The van der Waals surface area contributed by atoms with Crippen LogP contribution in [0.2, 0.25) is 0 Å². The molecule has 10 rings (SSSR count). The third-order valence-corrected chi connectivity index (χ3v) is 16.5. The monoisotopic (exact) mass is 1300 g/mol. The van der Waals surface area contributed by atoms with Crippen LogP contribution in [0.5, 0.6) is 0 Å². The lowest BCUT2D eigenvalue weighted by atomic mass is 9.95. The van der Waals surface area contributed by atoms with Crippen molar-refractivity contribution in [3.8, 4) is 0 Å². The molecule has 14 heteroatoms. The Labute approximate surface area is 565 Å². The molecule has 96 heavy (non-hydrogen) atoms. The second-order valence-electron chi connectivity index (χ2n) is 23.0. The van der Waals surface area contributed by atoms with Crippen LogP contribution in [0.1, 0.15) is 150 Å². The quantitative estimate of drug-likeness (QED) is 0.108. The predicted octanol–water partition coefficient (Wildman–Crippen LogP) is 18.1. The molecule has 0 unspecified atom stereocenters. The van der Waals surface area contributed by atoms with Gasteiger partial charge in [0.15, 0.2) is 0 Å². The van der Waals surface area contributed by atoms with Crippen LogP contribution >= 0.6 is 0 Å². The SMILES string of the molecule is COC(=O)c1ccc(C)c(C)c1.COC(=O)c1ccc(C)c(C)c1C.COC(=O)c1ccc(C)cc1.COC(=O)c1ccc(C)cc1C.COC(=O)c1ccc2c(C)c(C)ccc2c1.COC(=O)c1ccc2c(C)c(C)ccc2c1C.COC(=O)c1ccc2cc(C)ccc2c1. The Morgan fingerprint density at radius 1 is 0.208 bits per heavy atom. The van der Waals surface area contributed by atoms with Crippen molar-refractivity contribution >= 4 is 74.1 Å². The normalized spacial score (nSPS) is 10.0. The van der Waals surface area contributed by atoms with E-state index in [0.29, 0.717) is 38.9 Å². The predicted molar refractivity (Wildman–Crippen MR) is 383 cm³/mol. The molecule has 14 nitrogen and oxygen atoms in total. The molecule has 502 valence electrons. The first kappa shape index (κ1) is 77.7. The summed E-state index contributed by atoms with van der Waals surface area (Å²) in [5.41, 5.74) is 20.5. The highest BCUT2D eigenvalue weighted by Gasteiger charge is 2.15. The Morgan fingerprint density at radius 2 is 0.531 bits per heavy atom. The molecule has 0 aliphatic heterocycles. The first-order chi connectivity index (χ1) is 45.5. The van der Waals surface area contributed by atoms with Crippen LogP contribution in [0.4, 0.5) is 0 Å². The van der Waals surface area contributed by atoms with Gasteiger partial charge in [0.25, 0.3) is 0 Å². The highest BCUT2D eigenvalue weighted by Crippen LogP contribution is 2.28. The molecule has 0 N–H and O–H groups in total. The fourth-order valence-electron chi connectivity index (χ4n) is 9.83. The molecular weight excluding hydrogens is 1210 g/mol. The number of benzene rings is 10. The maximum Gasteiger partial charge on any atom is 0.338 e. The number of carbonyl (C=O) groups is 7. The Balaban J connectivity index is 0.000000240. The number of ether oxygens (including phenoxy) is 7. The van der Waals surface area contributed by atoms with E-state index in [2.05, 4.69) is 75.6 Å². The van der Waals surface area contributed by atoms with Gasteiger partial charge < -0.3 is 33.2 Å². The van der Waals surface area contributed by atoms with Gasteiger partial charge in [0.05, 0.1) is 88.7 Å². The molecule has 0 aromatic heterocycles. The Morgan fingerprint density at radius 3 is 1.07 bits per heavy atom. The number of fused-ring (bicyclic) bond motifs is 3. The van der Waals surface area contributed by atoms with Crippen molar-refractivity contribution < 1.29 is 66.7 Å². The van der Waals surface area contributed by atoms with Crippen molar-refractivity contribution in [2.45, 2.75) is 96.9 Å². The summed E-state index contributed by atoms with van der Waals surface area (Å²) >= 11 is 0. The van der Waals surface area contributed by atoms with Gasteiger partial charge in [-0.2, -0.15) is 0 Å². The van der Waals surface area contributed by atoms with Crippen LogP contribution in [0.25, 0.3) is 32.3 Å². The fourth-order valence-corrected chi connectivity index (χ4v) is 9.83. The van der Waals surface area contributed by atoms with Gasteiger partial charge >= 0.3 is 41.8 Å². The van der Waals surface area contributed by atoms with Gasteiger partial charge in [-0.1, -0.05) is 114 Å². The van der Waals surface area contributed by atoms with Crippen molar-refractivity contribution in [2.75, 3.05) is 49.8 Å². The second-order valence-corrected chi connectivity index (χ2v) is 23.0. The average Bonchev–Trinajstić information content (AvgIpc) is 0.813. The number of methoxy groups -OCH3 is 7. The number of hydrogen-bond donors (Lipinski definition) is 0. The number of rotatable bonds is 7. The van der Waals surface area contributed by atoms with E-state index in [1.165, 1.54) is 99.5 Å². The average molecular weight is 1300 g/mol. The van der Waals surface area contributed by atoms with E-state index in [1.807, 2.05) is 172 Å².